The Bertz CT molecular complexity index is 1820. The standard InChI is InChI=1S/C29H31N5O6S2/c1-20(2)18-34(19-25(36)24(32-33-30)17-21-12-14-23(35)15-13-21)42(39,40)27-10-4-3-9-26(27)41(37,38)28-11-5-7-22-8-6-16-31-29(22)28/h3-16,20,24-25,35-36H,17-19H2,1-2H3/t24-,25?/m0/s1. The van der Waals surface area contributed by atoms with Crippen LogP contribution in [-0.2, 0) is 26.3 Å². The van der Waals surface area contributed by atoms with Gasteiger partial charge in [0.1, 0.15) is 10.6 Å². The van der Waals surface area contributed by atoms with Crippen LogP contribution in [0.5, 0.6) is 5.75 Å². The van der Waals surface area contributed by atoms with E-state index in [1.54, 1.807) is 50.2 Å². The predicted molar refractivity (Wildman–Crippen MR) is 158 cm³/mol. The van der Waals surface area contributed by atoms with Crippen molar-refractivity contribution in [1.82, 2.24) is 9.29 Å². The SMILES string of the molecule is CC(C)CN(CC(O)[C@H](Cc1ccc(O)cc1)N=[N+]=[N-])S(=O)(=O)c1ccccc1S(=O)(=O)c1cccc2cccnc12. The smallest absolute Gasteiger partial charge is 0.244 e. The molecule has 13 heteroatoms. The molecule has 2 N–H and O–H groups in total. The molecule has 2 atom stereocenters. The van der Waals surface area contributed by atoms with Gasteiger partial charge >= 0.3 is 0 Å². The van der Waals surface area contributed by atoms with E-state index in [1.807, 2.05) is 0 Å². The number of aliphatic hydroxyl groups is 1. The summed E-state index contributed by atoms with van der Waals surface area (Å²) in [6, 6.07) is 18.5. The molecule has 3 aromatic carbocycles. The number of sulfone groups is 1. The van der Waals surface area contributed by atoms with Crippen LogP contribution in [0.3, 0.4) is 0 Å². The number of para-hydroxylation sites is 1. The Hall–Kier alpha value is -4.00. The van der Waals surface area contributed by atoms with Gasteiger partial charge in [-0.3, -0.25) is 4.98 Å². The number of pyridine rings is 1. The predicted octanol–water partition coefficient (Wildman–Crippen LogP) is 4.70. The van der Waals surface area contributed by atoms with Crippen molar-refractivity contribution in [3.63, 3.8) is 0 Å². The number of aromatic nitrogens is 1. The van der Waals surface area contributed by atoms with E-state index in [9.17, 15) is 27.0 Å². The lowest BCUT2D eigenvalue weighted by molar-refractivity contribution is 0.116. The molecule has 0 saturated carbocycles. The van der Waals surface area contributed by atoms with Gasteiger partial charge in [0, 0.05) is 29.6 Å². The number of aromatic hydroxyl groups is 1. The van der Waals surface area contributed by atoms with E-state index in [1.165, 1.54) is 48.7 Å². The largest absolute Gasteiger partial charge is 0.508 e. The number of benzene rings is 3. The number of rotatable bonds is 12. The lowest BCUT2D eigenvalue weighted by Gasteiger charge is -2.29. The van der Waals surface area contributed by atoms with Crippen LogP contribution in [0.1, 0.15) is 19.4 Å². The van der Waals surface area contributed by atoms with Crippen molar-refractivity contribution >= 4 is 30.8 Å². The lowest BCUT2D eigenvalue weighted by atomic mass is 10.0. The van der Waals surface area contributed by atoms with E-state index < -0.39 is 48.3 Å². The molecular weight excluding hydrogens is 578 g/mol. The summed E-state index contributed by atoms with van der Waals surface area (Å²) in [5, 5.41) is 25.0. The van der Waals surface area contributed by atoms with Gasteiger partial charge in [0.15, 0.2) is 0 Å². The van der Waals surface area contributed by atoms with Crippen LogP contribution in [-0.4, -0.2) is 61.6 Å². The first kappa shape index (κ1) is 30.9. The van der Waals surface area contributed by atoms with Gasteiger partial charge in [-0.25, -0.2) is 16.8 Å². The van der Waals surface area contributed by atoms with Crippen LogP contribution in [0.2, 0.25) is 0 Å². The van der Waals surface area contributed by atoms with E-state index in [2.05, 4.69) is 15.0 Å². The Balaban J connectivity index is 1.74. The van der Waals surface area contributed by atoms with E-state index in [4.69, 9.17) is 5.53 Å². The first-order valence-electron chi connectivity index (χ1n) is 13.1. The van der Waals surface area contributed by atoms with Crippen molar-refractivity contribution in [1.29, 1.82) is 0 Å². The zero-order chi connectivity index (χ0) is 30.5. The summed E-state index contributed by atoms with van der Waals surface area (Å²) in [6.07, 6.45) is 0.128. The molecule has 220 valence electrons. The van der Waals surface area contributed by atoms with Crippen molar-refractivity contribution in [2.75, 3.05) is 13.1 Å². The number of nitrogens with zero attached hydrogens (tertiary/aromatic N) is 5. The summed E-state index contributed by atoms with van der Waals surface area (Å²) in [5.41, 5.74) is 10.0. The number of sulfonamides is 1. The van der Waals surface area contributed by atoms with Crippen molar-refractivity contribution in [3.8, 4) is 5.75 Å². The van der Waals surface area contributed by atoms with Gasteiger partial charge in [-0.05, 0) is 59.8 Å². The quantitative estimate of drug-likeness (QED) is 0.133. The van der Waals surface area contributed by atoms with Crippen molar-refractivity contribution < 1.29 is 27.0 Å². The van der Waals surface area contributed by atoms with Gasteiger partial charge in [0.2, 0.25) is 19.9 Å². The third-order valence-electron chi connectivity index (χ3n) is 6.63. The van der Waals surface area contributed by atoms with E-state index in [-0.39, 0.29) is 35.0 Å². The van der Waals surface area contributed by atoms with Gasteiger partial charge in [0.25, 0.3) is 0 Å². The van der Waals surface area contributed by atoms with E-state index in [0.29, 0.717) is 10.9 Å². The van der Waals surface area contributed by atoms with Crippen LogP contribution in [0.15, 0.2) is 105 Å². The molecule has 0 aliphatic carbocycles. The molecule has 4 rings (SSSR count). The summed E-state index contributed by atoms with van der Waals surface area (Å²) in [6.45, 7) is 3.10. The fourth-order valence-electron chi connectivity index (χ4n) is 4.64. The van der Waals surface area contributed by atoms with E-state index >= 15 is 0 Å². The van der Waals surface area contributed by atoms with E-state index in [0.717, 1.165) is 4.31 Å². The second-order valence-electron chi connectivity index (χ2n) is 10.2. The van der Waals surface area contributed by atoms with Gasteiger partial charge in [-0.15, -0.1) is 0 Å². The van der Waals surface area contributed by atoms with Gasteiger partial charge in [0.05, 0.1) is 27.5 Å². The zero-order valence-corrected chi connectivity index (χ0v) is 24.6. The summed E-state index contributed by atoms with van der Waals surface area (Å²) in [7, 11) is -8.84. The summed E-state index contributed by atoms with van der Waals surface area (Å²) >= 11 is 0. The average Bonchev–Trinajstić information content (AvgIpc) is 2.97. The van der Waals surface area contributed by atoms with Crippen molar-refractivity contribution in [2.45, 2.75) is 47.1 Å². The maximum Gasteiger partial charge on any atom is 0.244 e. The van der Waals surface area contributed by atoms with Gasteiger partial charge in [-0.2, -0.15) is 4.31 Å². The number of phenols is 1. The molecule has 11 nitrogen and oxygen atoms in total. The third kappa shape index (κ3) is 6.72. The first-order chi connectivity index (χ1) is 19.9. The minimum atomic E-state index is -4.49. The Morgan fingerprint density at radius 2 is 1.52 bits per heavy atom. The normalized spacial score (nSPS) is 13.6. The van der Waals surface area contributed by atoms with Crippen LogP contribution in [0.4, 0.5) is 0 Å². The van der Waals surface area contributed by atoms with Crippen molar-refractivity contribution in [3.05, 3.63) is 101 Å². The molecule has 0 aliphatic heterocycles. The average molecular weight is 610 g/mol. The molecule has 42 heavy (non-hydrogen) atoms. The summed E-state index contributed by atoms with van der Waals surface area (Å²) in [4.78, 5) is 6.07. The van der Waals surface area contributed by atoms with Crippen LogP contribution < -0.4 is 0 Å². The lowest BCUT2D eigenvalue weighted by Crippen LogP contribution is -2.44. The zero-order valence-electron chi connectivity index (χ0n) is 23.0. The highest BCUT2D eigenvalue weighted by atomic mass is 32.2. The Kier molecular flexibility index (Phi) is 9.50. The number of hydrogen-bond acceptors (Lipinski definition) is 8. The number of hydrogen-bond donors (Lipinski definition) is 2. The summed E-state index contributed by atoms with van der Waals surface area (Å²) in [5.74, 6) is -0.144. The molecule has 0 spiro atoms. The molecule has 0 saturated heterocycles. The Morgan fingerprint density at radius 3 is 2.19 bits per heavy atom. The Morgan fingerprint density at radius 1 is 0.881 bits per heavy atom. The van der Waals surface area contributed by atoms with Gasteiger partial charge < -0.3 is 10.2 Å². The molecule has 0 radical (unpaired) electrons. The highest BCUT2D eigenvalue weighted by Crippen LogP contribution is 2.32. The third-order valence-corrected chi connectivity index (χ3v) is 10.5. The second-order valence-corrected chi connectivity index (χ2v) is 14.0. The molecule has 1 unspecified atom stereocenters. The number of azide groups is 1. The first-order valence-corrected chi connectivity index (χ1v) is 16.1. The molecular formula is C29H31N5O6S2. The highest BCUT2D eigenvalue weighted by molar-refractivity contribution is 7.93. The molecule has 0 bridgehead atoms. The minimum absolute atomic E-state index is 0.0359. The van der Waals surface area contributed by atoms with Crippen molar-refractivity contribution in [2.24, 2.45) is 11.0 Å². The Labute approximate surface area is 244 Å². The fourth-order valence-corrected chi connectivity index (χ4v) is 8.49. The number of phenolic OH excluding ortho intramolecular Hbond substituents is 1. The van der Waals surface area contributed by atoms with Gasteiger partial charge in [-0.1, -0.05) is 61.4 Å². The topological polar surface area (TPSA) is 174 Å². The number of fused-ring (bicyclic) bond motifs is 1. The maximum atomic E-state index is 14.1. The highest BCUT2D eigenvalue weighted by Gasteiger charge is 2.35. The molecule has 4 aromatic rings. The molecule has 1 aromatic heterocycles. The summed E-state index contributed by atoms with van der Waals surface area (Å²) < 4.78 is 57.2. The fraction of sp³-hybridized carbons (Fsp3) is 0.276. The molecule has 1 heterocycles. The van der Waals surface area contributed by atoms with Crippen LogP contribution in [0, 0.1) is 5.92 Å². The second kappa shape index (κ2) is 12.9. The molecule has 0 fully saturated rings. The van der Waals surface area contributed by atoms with Crippen LogP contribution in [0.25, 0.3) is 21.3 Å². The minimum Gasteiger partial charge on any atom is -0.508 e. The molecule has 0 amide bonds. The number of aliphatic hydroxyl groups excluding tert-OH is 1. The van der Waals surface area contributed by atoms with Crippen LogP contribution >= 0.6 is 0 Å². The maximum absolute atomic E-state index is 14.1. The molecule has 0 aliphatic rings. The monoisotopic (exact) mass is 609 g/mol.